The van der Waals surface area contributed by atoms with E-state index in [2.05, 4.69) is 24.4 Å². The molecule has 0 spiro atoms. The van der Waals surface area contributed by atoms with Gasteiger partial charge in [0.05, 0.1) is 16.1 Å². The van der Waals surface area contributed by atoms with Crippen LogP contribution in [0.4, 0.5) is 0 Å². The molecular weight excluding hydrogens is 305 g/mol. The van der Waals surface area contributed by atoms with E-state index in [1.165, 1.54) is 12.0 Å². The molecule has 1 N–H and O–H groups in total. The van der Waals surface area contributed by atoms with Crippen molar-refractivity contribution >= 4 is 23.2 Å². The van der Waals surface area contributed by atoms with Crippen molar-refractivity contribution < 1.29 is 4.74 Å². The van der Waals surface area contributed by atoms with E-state index in [1.807, 2.05) is 13.2 Å². The van der Waals surface area contributed by atoms with Gasteiger partial charge in [0.25, 0.3) is 0 Å². The zero-order chi connectivity index (χ0) is 15.1. The third-order valence-electron chi connectivity index (χ3n) is 5.54. The third-order valence-corrected chi connectivity index (χ3v) is 6.28. The van der Waals surface area contributed by atoms with Crippen molar-refractivity contribution in [3.63, 3.8) is 0 Å². The van der Waals surface area contributed by atoms with Crippen LogP contribution in [0, 0.1) is 5.41 Å². The summed E-state index contributed by atoms with van der Waals surface area (Å²) in [6, 6.07) is 6.15. The number of rotatable bonds is 5. The minimum Gasteiger partial charge on any atom is -0.381 e. The molecule has 0 amide bonds. The number of nitrogens with one attached hydrogen (secondary N) is 1. The van der Waals surface area contributed by atoms with E-state index in [0.29, 0.717) is 16.1 Å². The molecule has 116 valence electrons. The quantitative estimate of drug-likeness (QED) is 0.863. The van der Waals surface area contributed by atoms with Crippen molar-refractivity contribution in [3.05, 3.63) is 33.8 Å². The van der Waals surface area contributed by atoms with Crippen LogP contribution in [0.2, 0.25) is 10.0 Å². The zero-order valence-electron chi connectivity index (χ0n) is 12.7. The maximum absolute atomic E-state index is 6.25. The summed E-state index contributed by atoms with van der Waals surface area (Å²) in [7, 11) is 1.85. The van der Waals surface area contributed by atoms with Crippen molar-refractivity contribution in [1.29, 1.82) is 0 Å². The van der Waals surface area contributed by atoms with E-state index in [9.17, 15) is 0 Å². The minimum absolute atomic E-state index is 0.211. The van der Waals surface area contributed by atoms with Crippen LogP contribution in [0.1, 0.15) is 38.2 Å². The smallest absolute Gasteiger partial charge is 0.0648 e. The van der Waals surface area contributed by atoms with Crippen LogP contribution in [0.25, 0.3) is 0 Å². The van der Waals surface area contributed by atoms with E-state index in [1.54, 1.807) is 0 Å². The Kier molecular flexibility index (Phi) is 4.26. The monoisotopic (exact) mass is 327 g/mol. The fourth-order valence-corrected chi connectivity index (χ4v) is 4.72. The highest BCUT2D eigenvalue weighted by atomic mass is 35.5. The van der Waals surface area contributed by atoms with Gasteiger partial charge in [-0.05, 0) is 43.5 Å². The van der Waals surface area contributed by atoms with Crippen molar-refractivity contribution in [1.82, 2.24) is 5.32 Å². The lowest BCUT2D eigenvalue weighted by molar-refractivity contribution is 0.0150. The average molecular weight is 328 g/mol. The van der Waals surface area contributed by atoms with E-state index in [-0.39, 0.29) is 10.8 Å². The Morgan fingerprint density at radius 1 is 1.33 bits per heavy atom. The first kappa shape index (κ1) is 15.6. The number of hydrogen-bond donors (Lipinski definition) is 1. The molecule has 0 aromatic heterocycles. The number of fused-ring (bicyclic) bond motifs is 1. The van der Waals surface area contributed by atoms with Gasteiger partial charge in [0.2, 0.25) is 0 Å². The van der Waals surface area contributed by atoms with Gasteiger partial charge in [0, 0.05) is 24.5 Å². The molecule has 1 heterocycles. The van der Waals surface area contributed by atoms with Gasteiger partial charge in [0.1, 0.15) is 0 Å². The van der Waals surface area contributed by atoms with Crippen molar-refractivity contribution in [3.8, 4) is 0 Å². The molecule has 1 aromatic rings. The summed E-state index contributed by atoms with van der Waals surface area (Å²) < 4.78 is 5.88. The maximum Gasteiger partial charge on any atom is 0.0648 e. The summed E-state index contributed by atoms with van der Waals surface area (Å²) in [5.74, 6) is 0. The Labute approximate surface area is 137 Å². The Balaban J connectivity index is 1.97. The van der Waals surface area contributed by atoms with Crippen molar-refractivity contribution in [2.45, 2.75) is 44.1 Å². The van der Waals surface area contributed by atoms with Gasteiger partial charge in [-0.15, -0.1) is 0 Å². The predicted molar refractivity (Wildman–Crippen MR) is 88.4 cm³/mol. The van der Waals surface area contributed by atoms with Gasteiger partial charge in [-0.25, -0.2) is 0 Å². The van der Waals surface area contributed by atoms with E-state index in [4.69, 9.17) is 27.9 Å². The van der Waals surface area contributed by atoms with Gasteiger partial charge in [-0.1, -0.05) is 42.6 Å². The molecule has 0 bridgehead atoms. The summed E-state index contributed by atoms with van der Waals surface area (Å²) in [4.78, 5) is 0. The Morgan fingerprint density at radius 2 is 2.14 bits per heavy atom. The molecule has 21 heavy (non-hydrogen) atoms. The lowest BCUT2D eigenvalue weighted by atomic mass is 9.77. The molecule has 1 saturated carbocycles. The molecule has 3 atom stereocenters. The number of hydrogen-bond acceptors (Lipinski definition) is 2. The SMILES string of the molecule is CCC[C@@H](OC)C12CNCC[C@@]1(c1ccc(Cl)c(Cl)c1)C2. The summed E-state index contributed by atoms with van der Waals surface area (Å²) in [5, 5.41) is 4.86. The van der Waals surface area contributed by atoms with Crippen LogP contribution in [0.15, 0.2) is 18.2 Å². The summed E-state index contributed by atoms with van der Waals surface area (Å²) in [6.45, 7) is 4.32. The summed E-state index contributed by atoms with van der Waals surface area (Å²) in [5.41, 5.74) is 1.76. The summed E-state index contributed by atoms with van der Waals surface area (Å²) in [6.07, 6.45) is 4.90. The second-order valence-electron chi connectivity index (χ2n) is 6.48. The highest BCUT2D eigenvalue weighted by Gasteiger charge is 2.71. The molecule has 0 radical (unpaired) electrons. The zero-order valence-corrected chi connectivity index (χ0v) is 14.2. The highest BCUT2D eigenvalue weighted by Crippen LogP contribution is 2.70. The van der Waals surface area contributed by atoms with E-state index < -0.39 is 0 Å². The molecule has 1 aromatic carbocycles. The molecule has 1 unspecified atom stereocenters. The molecule has 1 aliphatic heterocycles. The second kappa shape index (κ2) is 5.73. The highest BCUT2D eigenvalue weighted by molar-refractivity contribution is 6.42. The normalized spacial score (nSPS) is 32.6. The standard InChI is InChI=1S/C17H23Cl2NO/c1-3-4-15(21-2)17-10-16(17,7-8-20-11-17)12-5-6-13(18)14(19)9-12/h5-6,9,15,20H,3-4,7-8,10-11H2,1-2H3/t15-,16+,17?/m1/s1. The number of methoxy groups -OCH3 is 1. The van der Waals surface area contributed by atoms with Crippen molar-refractivity contribution in [2.24, 2.45) is 5.41 Å². The largest absolute Gasteiger partial charge is 0.381 e. The van der Waals surface area contributed by atoms with Crippen LogP contribution in [-0.4, -0.2) is 26.3 Å². The Bertz CT molecular complexity index is 536. The van der Waals surface area contributed by atoms with Gasteiger partial charge >= 0.3 is 0 Å². The van der Waals surface area contributed by atoms with Gasteiger partial charge in [0.15, 0.2) is 0 Å². The number of piperidine rings is 1. The molecular formula is C17H23Cl2NO. The molecule has 2 fully saturated rings. The van der Waals surface area contributed by atoms with Crippen LogP contribution >= 0.6 is 23.2 Å². The van der Waals surface area contributed by atoms with Crippen LogP contribution in [0.3, 0.4) is 0 Å². The lowest BCUT2D eigenvalue weighted by Crippen LogP contribution is -2.45. The molecule has 2 nitrogen and oxygen atoms in total. The van der Waals surface area contributed by atoms with Gasteiger partial charge in [-0.3, -0.25) is 0 Å². The number of ether oxygens (including phenoxy) is 1. The molecule has 1 aliphatic carbocycles. The maximum atomic E-state index is 6.25. The Hall–Kier alpha value is -0.280. The van der Waals surface area contributed by atoms with Crippen LogP contribution in [-0.2, 0) is 10.2 Å². The minimum atomic E-state index is 0.211. The van der Waals surface area contributed by atoms with Crippen LogP contribution < -0.4 is 5.32 Å². The first-order chi connectivity index (χ1) is 10.1. The topological polar surface area (TPSA) is 21.3 Å². The average Bonchev–Trinajstić information content (AvgIpc) is 3.19. The fraction of sp³-hybridized carbons (Fsp3) is 0.647. The number of halogens is 2. The van der Waals surface area contributed by atoms with Gasteiger partial charge in [-0.2, -0.15) is 0 Å². The van der Waals surface area contributed by atoms with E-state index >= 15 is 0 Å². The molecule has 2 aliphatic rings. The van der Waals surface area contributed by atoms with Crippen LogP contribution in [0.5, 0.6) is 0 Å². The second-order valence-corrected chi connectivity index (χ2v) is 7.30. The van der Waals surface area contributed by atoms with Crippen molar-refractivity contribution in [2.75, 3.05) is 20.2 Å². The fourth-order valence-electron chi connectivity index (χ4n) is 4.42. The van der Waals surface area contributed by atoms with E-state index in [0.717, 1.165) is 32.4 Å². The van der Waals surface area contributed by atoms with Gasteiger partial charge < -0.3 is 10.1 Å². The lowest BCUT2D eigenvalue weighted by Gasteiger charge is -2.36. The Morgan fingerprint density at radius 3 is 2.81 bits per heavy atom. The predicted octanol–water partition coefficient (Wildman–Crippen LogP) is 4.43. The number of benzene rings is 1. The molecule has 4 heteroatoms. The molecule has 1 saturated heterocycles. The molecule has 3 rings (SSSR count). The first-order valence-electron chi connectivity index (χ1n) is 7.79. The summed E-state index contributed by atoms with van der Waals surface area (Å²) >= 11 is 12.3. The first-order valence-corrected chi connectivity index (χ1v) is 8.54. The third kappa shape index (κ3) is 2.31.